The molecule has 1 saturated heterocycles. The van der Waals surface area contributed by atoms with E-state index in [1.54, 1.807) is 12.1 Å². The summed E-state index contributed by atoms with van der Waals surface area (Å²) in [5.74, 6) is -0.667. The summed E-state index contributed by atoms with van der Waals surface area (Å²) in [5, 5.41) is 11.6. The number of fused-ring (bicyclic) bond motifs is 1. The third-order valence-electron chi connectivity index (χ3n) is 4.44. The maximum absolute atomic E-state index is 12.8. The van der Waals surface area contributed by atoms with Gasteiger partial charge in [-0.3, -0.25) is 14.9 Å². The predicted molar refractivity (Wildman–Crippen MR) is 97.3 cm³/mol. The highest BCUT2D eigenvalue weighted by molar-refractivity contribution is 6.39. The first-order valence-corrected chi connectivity index (χ1v) is 8.42. The third-order valence-corrected chi connectivity index (χ3v) is 4.44. The average Bonchev–Trinajstić information content (AvgIpc) is 2.99. The van der Waals surface area contributed by atoms with Gasteiger partial charge in [-0.15, -0.1) is 0 Å². The molecule has 4 rings (SSSR count). The van der Waals surface area contributed by atoms with Crippen LogP contribution in [0.2, 0.25) is 0 Å². The number of phenols is 1. The molecule has 0 radical (unpaired) electrons. The van der Waals surface area contributed by atoms with Crippen LogP contribution in [0.1, 0.15) is 18.1 Å². The van der Waals surface area contributed by atoms with Crippen molar-refractivity contribution in [2.45, 2.75) is 19.4 Å². The molecule has 2 aromatic rings. The minimum atomic E-state index is -0.830. The van der Waals surface area contributed by atoms with Gasteiger partial charge in [-0.25, -0.2) is 9.69 Å². The number of ether oxygens (including phenoxy) is 1. The van der Waals surface area contributed by atoms with Crippen molar-refractivity contribution in [1.82, 2.24) is 5.32 Å². The highest BCUT2D eigenvalue weighted by atomic mass is 16.5. The summed E-state index contributed by atoms with van der Waals surface area (Å²) in [7, 11) is 0. The van der Waals surface area contributed by atoms with Crippen molar-refractivity contribution in [2.75, 3.05) is 4.90 Å². The van der Waals surface area contributed by atoms with Crippen molar-refractivity contribution >= 4 is 29.6 Å². The molecular formula is C20H16N2O5. The van der Waals surface area contributed by atoms with Gasteiger partial charge < -0.3 is 9.84 Å². The van der Waals surface area contributed by atoms with Crippen LogP contribution in [0.3, 0.4) is 0 Å². The number of anilines is 1. The Morgan fingerprint density at radius 3 is 2.63 bits per heavy atom. The summed E-state index contributed by atoms with van der Waals surface area (Å²) in [6.45, 7) is 1.97. The van der Waals surface area contributed by atoms with Gasteiger partial charge in [0.15, 0.2) is 0 Å². The molecule has 2 aliphatic heterocycles. The SMILES string of the molecule is C[C@@H]1Cc2cc(/C=C3/C(=O)NC(=O)N(c4ccc(O)cc4)C3=O)ccc2O1. The van der Waals surface area contributed by atoms with E-state index in [-0.39, 0.29) is 23.1 Å². The molecule has 4 amide bonds. The van der Waals surface area contributed by atoms with Gasteiger partial charge in [0, 0.05) is 6.42 Å². The molecule has 2 N–H and O–H groups in total. The van der Waals surface area contributed by atoms with E-state index < -0.39 is 17.8 Å². The predicted octanol–water partition coefficient (Wildman–Crippen LogP) is 2.38. The summed E-state index contributed by atoms with van der Waals surface area (Å²) in [5.41, 5.74) is 1.79. The zero-order valence-electron chi connectivity index (χ0n) is 14.4. The van der Waals surface area contributed by atoms with Crippen LogP contribution in [0, 0.1) is 0 Å². The number of phenolic OH excluding ortho intramolecular Hbond substituents is 1. The van der Waals surface area contributed by atoms with E-state index in [9.17, 15) is 19.5 Å². The Hall–Kier alpha value is -3.61. The lowest BCUT2D eigenvalue weighted by atomic mass is 10.0. The second kappa shape index (κ2) is 6.28. The molecule has 0 saturated carbocycles. The molecule has 7 heteroatoms. The lowest BCUT2D eigenvalue weighted by Crippen LogP contribution is -2.54. The number of benzene rings is 2. The lowest BCUT2D eigenvalue weighted by molar-refractivity contribution is -0.122. The van der Waals surface area contributed by atoms with Crippen LogP contribution < -0.4 is 15.0 Å². The fourth-order valence-corrected chi connectivity index (χ4v) is 3.19. The second-order valence-electron chi connectivity index (χ2n) is 6.47. The van der Waals surface area contributed by atoms with E-state index in [1.807, 2.05) is 13.0 Å². The van der Waals surface area contributed by atoms with Crippen molar-refractivity contribution in [2.24, 2.45) is 0 Å². The maximum atomic E-state index is 12.8. The third kappa shape index (κ3) is 3.03. The van der Waals surface area contributed by atoms with Crippen molar-refractivity contribution in [3.8, 4) is 11.5 Å². The number of aromatic hydroxyl groups is 1. The average molecular weight is 364 g/mol. The summed E-state index contributed by atoms with van der Waals surface area (Å²) in [4.78, 5) is 38.1. The molecule has 136 valence electrons. The molecular weight excluding hydrogens is 348 g/mol. The van der Waals surface area contributed by atoms with Crippen molar-refractivity contribution in [1.29, 1.82) is 0 Å². The number of hydrogen-bond donors (Lipinski definition) is 2. The Balaban J connectivity index is 1.69. The minimum absolute atomic E-state index is 0.00467. The number of nitrogens with one attached hydrogen (secondary N) is 1. The number of urea groups is 1. The van der Waals surface area contributed by atoms with E-state index in [2.05, 4.69) is 5.32 Å². The second-order valence-corrected chi connectivity index (χ2v) is 6.47. The van der Waals surface area contributed by atoms with Gasteiger partial charge in [0.1, 0.15) is 23.2 Å². The van der Waals surface area contributed by atoms with E-state index >= 15 is 0 Å². The highest BCUT2D eigenvalue weighted by Gasteiger charge is 2.36. The first-order chi connectivity index (χ1) is 12.9. The minimum Gasteiger partial charge on any atom is -0.508 e. The monoisotopic (exact) mass is 364 g/mol. The Morgan fingerprint density at radius 1 is 1.15 bits per heavy atom. The molecule has 27 heavy (non-hydrogen) atoms. The fraction of sp³-hybridized carbons (Fsp3) is 0.150. The first-order valence-electron chi connectivity index (χ1n) is 8.42. The summed E-state index contributed by atoms with van der Waals surface area (Å²) < 4.78 is 5.65. The number of imide groups is 2. The van der Waals surface area contributed by atoms with Gasteiger partial charge in [0.05, 0.1) is 5.69 Å². The molecule has 1 fully saturated rings. The largest absolute Gasteiger partial charge is 0.508 e. The van der Waals surface area contributed by atoms with Gasteiger partial charge in [-0.05, 0) is 60.5 Å². The molecule has 2 aliphatic rings. The summed E-state index contributed by atoms with van der Waals surface area (Å²) >= 11 is 0. The smallest absolute Gasteiger partial charge is 0.335 e. The van der Waals surface area contributed by atoms with Gasteiger partial charge in [-0.2, -0.15) is 0 Å². The molecule has 0 spiro atoms. The highest BCUT2D eigenvalue weighted by Crippen LogP contribution is 2.30. The topological polar surface area (TPSA) is 95.9 Å². The van der Waals surface area contributed by atoms with Crippen molar-refractivity contribution < 1.29 is 24.2 Å². The van der Waals surface area contributed by atoms with E-state index in [0.717, 1.165) is 22.6 Å². The number of amides is 4. The Kier molecular flexibility index (Phi) is 3.92. The standard InChI is InChI=1S/C20H16N2O5/c1-11-8-13-9-12(2-7-17(13)27-11)10-16-18(24)21-20(26)22(19(16)25)14-3-5-15(23)6-4-14/h2-7,9-11,23H,8H2,1H3,(H,21,24,26)/b16-10-/t11-/m1/s1. The van der Waals surface area contributed by atoms with Crippen LogP contribution in [0.25, 0.3) is 6.08 Å². The summed E-state index contributed by atoms with van der Waals surface area (Å²) in [6, 6.07) is 10.2. The van der Waals surface area contributed by atoms with Crippen LogP contribution in [0.4, 0.5) is 10.5 Å². The van der Waals surface area contributed by atoms with Crippen molar-refractivity contribution in [3.63, 3.8) is 0 Å². The number of nitrogens with zero attached hydrogens (tertiary/aromatic N) is 1. The molecule has 0 bridgehead atoms. The molecule has 1 atom stereocenters. The zero-order valence-corrected chi connectivity index (χ0v) is 14.4. The van der Waals surface area contributed by atoms with E-state index in [1.165, 1.54) is 30.3 Å². The van der Waals surface area contributed by atoms with Crippen LogP contribution in [0.5, 0.6) is 11.5 Å². The number of barbiturate groups is 1. The molecule has 0 aliphatic carbocycles. The zero-order chi connectivity index (χ0) is 19.1. The van der Waals surface area contributed by atoms with Gasteiger partial charge >= 0.3 is 6.03 Å². The van der Waals surface area contributed by atoms with Gasteiger partial charge in [-0.1, -0.05) is 6.07 Å². The van der Waals surface area contributed by atoms with Crippen LogP contribution in [0.15, 0.2) is 48.0 Å². The normalized spacial score (nSPS) is 20.5. The maximum Gasteiger partial charge on any atom is 0.335 e. The van der Waals surface area contributed by atoms with Crippen LogP contribution >= 0.6 is 0 Å². The number of hydrogen-bond acceptors (Lipinski definition) is 5. The molecule has 2 heterocycles. The quantitative estimate of drug-likeness (QED) is 0.630. The number of rotatable bonds is 2. The molecule has 2 aromatic carbocycles. The molecule has 0 unspecified atom stereocenters. The van der Waals surface area contributed by atoms with Crippen LogP contribution in [-0.4, -0.2) is 29.1 Å². The molecule has 0 aromatic heterocycles. The fourth-order valence-electron chi connectivity index (χ4n) is 3.19. The Labute approximate surface area is 154 Å². The number of carbonyl (C=O) groups excluding carboxylic acids is 3. The molecule has 7 nitrogen and oxygen atoms in total. The Bertz CT molecular complexity index is 994. The van der Waals surface area contributed by atoms with Gasteiger partial charge in [0.25, 0.3) is 11.8 Å². The van der Waals surface area contributed by atoms with Crippen LogP contribution in [-0.2, 0) is 16.0 Å². The van der Waals surface area contributed by atoms with E-state index in [4.69, 9.17) is 4.74 Å². The first kappa shape index (κ1) is 16.8. The Morgan fingerprint density at radius 2 is 1.89 bits per heavy atom. The van der Waals surface area contributed by atoms with Crippen molar-refractivity contribution in [3.05, 3.63) is 59.2 Å². The van der Waals surface area contributed by atoms with Gasteiger partial charge in [0.2, 0.25) is 0 Å². The summed E-state index contributed by atoms with van der Waals surface area (Å²) in [6.07, 6.45) is 2.30. The number of carbonyl (C=O) groups is 3. The van der Waals surface area contributed by atoms with E-state index in [0.29, 0.717) is 5.56 Å². The lowest BCUT2D eigenvalue weighted by Gasteiger charge is -2.26.